The lowest BCUT2D eigenvalue weighted by molar-refractivity contribution is 0.340. The molecule has 0 saturated heterocycles. The summed E-state index contributed by atoms with van der Waals surface area (Å²) < 4.78 is 7.53. The maximum absolute atomic E-state index is 9.02. The van der Waals surface area contributed by atoms with E-state index in [1.807, 2.05) is 31.3 Å². The Morgan fingerprint density at radius 1 is 1.38 bits per heavy atom. The van der Waals surface area contributed by atoms with E-state index >= 15 is 0 Å². The van der Waals surface area contributed by atoms with Gasteiger partial charge in [-0.25, -0.2) is 0 Å². The van der Waals surface area contributed by atoms with Gasteiger partial charge < -0.3 is 9.30 Å². The molecule has 3 heteroatoms. The minimum atomic E-state index is 0.656. The summed E-state index contributed by atoms with van der Waals surface area (Å²) in [7, 11) is 0. The molecule has 0 radical (unpaired) electrons. The van der Waals surface area contributed by atoms with Gasteiger partial charge in [-0.1, -0.05) is 0 Å². The van der Waals surface area contributed by atoms with Crippen molar-refractivity contribution in [2.75, 3.05) is 6.61 Å². The molecule has 82 valence electrons. The van der Waals surface area contributed by atoms with Crippen LogP contribution in [-0.2, 0) is 6.54 Å². The van der Waals surface area contributed by atoms with Crippen molar-refractivity contribution in [2.24, 2.45) is 0 Å². The second-order valence-corrected chi connectivity index (χ2v) is 3.55. The van der Waals surface area contributed by atoms with Crippen LogP contribution in [0.1, 0.15) is 19.4 Å². The van der Waals surface area contributed by atoms with E-state index in [0.717, 1.165) is 28.8 Å². The molecule has 2 aromatic rings. The summed E-state index contributed by atoms with van der Waals surface area (Å²) in [4.78, 5) is 0. The average Bonchev–Trinajstić information content (AvgIpc) is 2.67. The van der Waals surface area contributed by atoms with E-state index in [-0.39, 0.29) is 0 Å². The van der Waals surface area contributed by atoms with Gasteiger partial charge in [-0.3, -0.25) is 0 Å². The highest BCUT2D eigenvalue weighted by molar-refractivity contribution is 5.87. The predicted molar refractivity (Wildman–Crippen MR) is 63.5 cm³/mol. The number of nitrogens with zero attached hydrogens (tertiary/aromatic N) is 2. The minimum absolute atomic E-state index is 0.656. The number of benzene rings is 1. The fourth-order valence-electron chi connectivity index (χ4n) is 1.88. The third-order valence-corrected chi connectivity index (χ3v) is 2.63. The molecule has 0 fully saturated rings. The van der Waals surface area contributed by atoms with Gasteiger partial charge >= 0.3 is 0 Å². The highest BCUT2D eigenvalue weighted by Crippen LogP contribution is 2.25. The summed E-state index contributed by atoms with van der Waals surface area (Å²) in [6, 6.07) is 8.06. The summed E-state index contributed by atoms with van der Waals surface area (Å²) >= 11 is 0. The van der Waals surface area contributed by atoms with Gasteiger partial charge in [0.1, 0.15) is 11.8 Å². The summed E-state index contributed by atoms with van der Waals surface area (Å²) in [5.74, 6) is 0.854. The Labute approximate surface area is 94.9 Å². The summed E-state index contributed by atoms with van der Waals surface area (Å²) in [5, 5.41) is 10.0. The van der Waals surface area contributed by atoms with Crippen LogP contribution in [0.25, 0.3) is 10.9 Å². The number of aryl methyl sites for hydroxylation is 1. The van der Waals surface area contributed by atoms with Crippen LogP contribution in [0.5, 0.6) is 5.75 Å². The number of hydrogen-bond donors (Lipinski definition) is 0. The minimum Gasteiger partial charge on any atom is -0.494 e. The smallest absolute Gasteiger partial charge is 0.121 e. The Morgan fingerprint density at radius 3 is 2.81 bits per heavy atom. The molecule has 0 bridgehead atoms. The lowest BCUT2D eigenvalue weighted by Crippen LogP contribution is -1.93. The number of fused-ring (bicyclic) bond motifs is 1. The quantitative estimate of drug-likeness (QED) is 0.787. The molecule has 0 N–H and O–H groups in total. The Kier molecular flexibility index (Phi) is 2.82. The van der Waals surface area contributed by atoms with Crippen LogP contribution in [-0.4, -0.2) is 11.2 Å². The van der Waals surface area contributed by atoms with Crippen molar-refractivity contribution in [3.63, 3.8) is 0 Å². The van der Waals surface area contributed by atoms with Crippen LogP contribution in [0.3, 0.4) is 0 Å². The molecule has 16 heavy (non-hydrogen) atoms. The van der Waals surface area contributed by atoms with Gasteiger partial charge in [-0.05, 0) is 26.0 Å². The fraction of sp³-hybridized carbons (Fsp3) is 0.308. The van der Waals surface area contributed by atoms with Crippen LogP contribution in [0, 0.1) is 11.3 Å². The molecule has 0 spiro atoms. The molecule has 1 aromatic heterocycles. The first-order valence-corrected chi connectivity index (χ1v) is 5.46. The van der Waals surface area contributed by atoms with E-state index in [1.165, 1.54) is 0 Å². The van der Waals surface area contributed by atoms with Gasteiger partial charge in [0.25, 0.3) is 0 Å². The van der Waals surface area contributed by atoms with Crippen molar-refractivity contribution in [2.45, 2.75) is 20.4 Å². The van der Waals surface area contributed by atoms with Gasteiger partial charge in [-0.15, -0.1) is 0 Å². The van der Waals surface area contributed by atoms with Gasteiger partial charge in [0.05, 0.1) is 17.7 Å². The first-order chi connectivity index (χ1) is 7.80. The zero-order valence-corrected chi connectivity index (χ0v) is 9.53. The SMILES string of the molecule is CCOc1ccc2c(C#N)cn(CC)c2c1. The van der Waals surface area contributed by atoms with Gasteiger partial charge in [0.15, 0.2) is 0 Å². The van der Waals surface area contributed by atoms with Crippen LogP contribution >= 0.6 is 0 Å². The van der Waals surface area contributed by atoms with E-state index < -0.39 is 0 Å². The first-order valence-electron chi connectivity index (χ1n) is 5.46. The predicted octanol–water partition coefficient (Wildman–Crippen LogP) is 2.93. The molecule has 1 aromatic carbocycles. The second-order valence-electron chi connectivity index (χ2n) is 3.55. The van der Waals surface area contributed by atoms with Gasteiger partial charge in [-0.2, -0.15) is 5.26 Å². The standard InChI is InChI=1S/C13H14N2O/c1-3-15-9-10(8-14)12-6-5-11(16-4-2)7-13(12)15/h5-7,9H,3-4H2,1-2H3. The molecule has 0 amide bonds. The van der Waals surface area contributed by atoms with Crippen molar-refractivity contribution < 1.29 is 4.74 Å². The third kappa shape index (κ3) is 1.63. The summed E-state index contributed by atoms with van der Waals surface area (Å²) in [6.07, 6.45) is 1.89. The van der Waals surface area contributed by atoms with Crippen LogP contribution < -0.4 is 4.74 Å². The van der Waals surface area contributed by atoms with E-state index in [2.05, 4.69) is 17.6 Å². The highest BCUT2D eigenvalue weighted by Gasteiger charge is 2.07. The second kappa shape index (κ2) is 4.28. The third-order valence-electron chi connectivity index (χ3n) is 2.63. The number of nitriles is 1. The Hall–Kier alpha value is -1.95. The van der Waals surface area contributed by atoms with Crippen LogP contribution in [0.15, 0.2) is 24.4 Å². The maximum Gasteiger partial charge on any atom is 0.121 e. The molecule has 1 heterocycles. The Bertz CT molecular complexity index is 549. The molecule has 0 aliphatic rings. The lowest BCUT2D eigenvalue weighted by Gasteiger charge is -2.04. The molecule has 0 aliphatic carbocycles. The van der Waals surface area contributed by atoms with E-state index in [4.69, 9.17) is 10.00 Å². The molecular weight excluding hydrogens is 200 g/mol. The van der Waals surface area contributed by atoms with Crippen molar-refractivity contribution in [3.8, 4) is 11.8 Å². The molecular formula is C13H14N2O. The number of ether oxygens (including phenoxy) is 1. The number of rotatable bonds is 3. The average molecular weight is 214 g/mol. The van der Waals surface area contributed by atoms with E-state index in [1.54, 1.807) is 0 Å². The lowest BCUT2D eigenvalue weighted by atomic mass is 10.2. The Balaban J connectivity index is 2.63. The molecule has 0 saturated carbocycles. The van der Waals surface area contributed by atoms with Crippen LogP contribution in [0.2, 0.25) is 0 Å². The van der Waals surface area contributed by atoms with E-state index in [0.29, 0.717) is 6.61 Å². The maximum atomic E-state index is 9.02. The molecule has 2 rings (SSSR count). The van der Waals surface area contributed by atoms with E-state index in [9.17, 15) is 0 Å². The van der Waals surface area contributed by atoms with Gasteiger partial charge in [0, 0.05) is 24.2 Å². The zero-order valence-electron chi connectivity index (χ0n) is 9.53. The fourth-order valence-corrected chi connectivity index (χ4v) is 1.88. The first kappa shape index (κ1) is 10.6. The molecule has 0 unspecified atom stereocenters. The summed E-state index contributed by atoms with van der Waals surface area (Å²) in [5.41, 5.74) is 1.78. The van der Waals surface area contributed by atoms with Crippen molar-refractivity contribution in [3.05, 3.63) is 30.0 Å². The molecule has 0 aliphatic heterocycles. The summed E-state index contributed by atoms with van der Waals surface area (Å²) in [6.45, 7) is 5.54. The topological polar surface area (TPSA) is 37.9 Å². The Morgan fingerprint density at radius 2 is 2.19 bits per heavy atom. The van der Waals surface area contributed by atoms with Crippen molar-refractivity contribution in [1.82, 2.24) is 4.57 Å². The largest absolute Gasteiger partial charge is 0.494 e. The molecule has 0 atom stereocenters. The zero-order chi connectivity index (χ0) is 11.5. The highest BCUT2D eigenvalue weighted by atomic mass is 16.5. The van der Waals surface area contributed by atoms with Crippen molar-refractivity contribution >= 4 is 10.9 Å². The van der Waals surface area contributed by atoms with Crippen LogP contribution in [0.4, 0.5) is 0 Å². The number of aromatic nitrogens is 1. The monoisotopic (exact) mass is 214 g/mol. The number of hydrogen-bond acceptors (Lipinski definition) is 2. The van der Waals surface area contributed by atoms with Gasteiger partial charge in [0.2, 0.25) is 0 Å². The normalized spacial score (nSPS) is 10.3. The van der Waals surface area contributed by atoms with Crippen molar-refractivity contribution in [1.29, 1.82) is 5.26 Å². The molecule has 3 nitrogen and oxygen atoms in total.